The van der Waals surface area contributed by atoms with Crippen LogP contribution in [0.3, 0.4) is 0 Å². The Hall–Kier alpha value is -0.200. The molecule has 20 heavy (non-hydrogen) atoms. The Morgan fingerprint density at radius 1 is 1.00 bits per heavy atom. The smallest absolute Gasteiger partial charge is 0.180 e. The minimum Gasteiger partial charge on any atom is -0.379 e. The van der Waals surface area contributed by atoms with E-state index in [4.69, 9.17) is 23.7 Å². The van der Waals surface area contributed by atoms with E-state index >= 15 is 0 Å². The van der Waals surface area contributed by atoms with E-state index in [9.17, 15) is 0 Å². The van der Waals surface area contributed by atoms with Gasteiger partial charge in [-0.1, -0.05) is 20.8 Å². The normalized spacial score (nSPS) is 38.0. The summed E-state index contributed by atoms with van der Waals surface area (Å²) in [7, 11) is 1.64. The molecule has 0 saturated carbocycles. The standard InChI is InChI=1S/C8H16O2.C7H14O3/c1-4-8(3)9-5-7(2)6-10-8;1-6-3-9-7(5-8-2)10-4-6/h7H,4-6H2,1-3H3;6-7H,3-5H2,1-2H3. The van der Waals surface area contributed by atoms with Crippen LogP contribution in [0.25, 0.3) is 0 Å². The van der Waals surface area contributed by atoms with Crippen LogP contribution < -0.4 is 0 Å². The zero-order chi connectivity index (χ0) is 15.0. The van der Waals surface area contributed by atoms with Gasteiger partial charge < -0.3 is 23.7 Å². The van der Waals surface area contributed by atoms with Gasteiger partial charge in [0.25, 0.3) is 0 Å². The minimum absolute atomic E-state index is 0.138. The summed E-state index contributed by atoms with van der Waals surface area (Å²) < 4.78 is 26.4. The number of hydrogen-bond acceptors (Lipinski definition) is 5. The van der Waals surface area contributed by atoms with Crippen molar-refractivity contribution in [1.82, 2.24) is 0 Å². The molecule has 2 aliphatic rings. The molecule has 0 spiro atoms. The van der Waals surface area contributed by atoms with Crippen LogP contribution in [0.15, 0.2) is 0 Å². The summed E-state index contributed by atoms with van der Waals surface area (Å²) in [5, 5.41) is 0. The summed E-state index contributed by atoms with van der Waals surface area (Å²) in [6.07, 6.45) is 0.792. The maximum atomic E-state index is 5.50. The predicted octanol–water partition coefficient (Wildman–Crippen LogP) is 2.44. The quantitative estimate of drug-likeness (QED) is 0.799. The zero-order valence-corrected chi connectivity index (χ0v) is 13.5. The van der Waals surface area contributed by atoms with Gasteiger partial charge >= 0.3 is 0 Å². The molecular formula is C15H30O5. The molecule has 0 aliphatic carbocycles. The van der Waals surface area contributed by atoms with E-state index in [-0.39, 0.29) is 12.1 Å². The highest BCUT2D eigenvalue weighted by Gasteiger charge is 2.29. The van der Waals surface area contributed by atoms with Gasteiger partial charge in [0.05, 0.1) is 33.0 Å². The number of methoxy groups -OCH3 is 1. The summed E-state index contributed by atoms with van der Waals surface area (Å²) in [6, 6.07) is 0. The Labute approximate surface area is 122 Å². The first-order valence-corrected chi connectivity index (χ1v) is 7.49. The van der Waals surface area contributed by atoms with Crippen molar-refractivity contribution >= 4 is 0 Å². The lowest BCUT2D eigenvalue weighted by atomic mass is 10.1. The average molecular weight is 290 g/mol. The molecule has 2 rings (SSSR count). The molecular weight excluding hydrogens is 260 g/mol. The van der Waals surface area contributed by atoms with Crippen molar-refractivity contribution in [3.05, 3.63) is 0 Å². The second-order valence-electron chi connectivity index (χ2n) is 5.87. The second kappa shape index (κ2) is 8.95. The summed E-state index contributed by atoms with van der Waals surface area (Å²) in [4.78, 5) is 0. The van der Waals surface area contributed by atoms with Crippen molar-refractivity contribution in [2.24, 2.45) is 11.8 Å². The van der Waals surface area contributed by atoms with Crippen LogP contribution in [0.2, 0.25) is 0 Å². The summed E-state index contributed by atoms with van der Waals surface area (Å²) in [5.74, 6) is 0.778. The highest BCUT2D eigenvalue weighted by atomic mass is 16.7. The van der Waals surface area contributed by atoms with Crippen LogP contribution in [0.5, 0.6) is 0 Å². The second-order valence-corrected chi connectivity index (χ2v) is 5.87. The molecule has 2 heterocycles. The van der Waals surface area contributed by atoms with Crippen LogP contribution >= 0.6 is 0 Å². The Bertz CT molecular complexity index is 243. The van der Waals surface area contributed by atoms with E-state index in [0.29, 0.717) is 18.4 Å². The van der Waals surface area contributed by atoms with Crippen molar-refractivity contribution in [3.63, 3.8) is 0 Å². The third-order valence-electron chi connectivity index (χ3n) is 3.42. The van der Waals surface area contributed by atoms with Crippen LogP contribution in [0.4, 0.5) is 0 Å². The number of ether oxygens (including phenoxy) is 5. The first kappa shape index (κ1) is 17.9. The van der Waals surface area contributed by atoms with Crippen LogP contribution in [-0.2, 0) is 23.7 Å². The van der Waals surface area contributed by atoms with Gasteiger partial charge in [-0.15, -0.1) is 0 Å². The molecule has 0 atom stereocenters. The van der Waals surface area contributed by atoms with Crippen LogP contribution in [-0.4, -0.2) is 52.2 Å². The molecule has 2 saturated heterocycles. The fourth-order valence-electron chi connectivity index (χ4n) is 1.80. The average Bonchev–Trinajstić information content (AvgIpc) is 2.46. The summed E-state index contributed by atoms with van der Waals surface area (Å²) >= 11 is 0. The van der Waals surface area contributed by atoms with Gasteiger partial charge in [-0.25, -0.2) is 0 Å². The molecule has 0 aromatic heterocycles. The van der Waals surface area contributed by atoms with Gasteiger partial charge in [0.15, 0.2) is 12.1 Å². The maximum Gasteiger partial charge on any atom is 0.180 e. The molecule has 0 unspecified atom stereocenters. The van der Waals surface area contributed by atoms with E-state index in [1.807, 2.05) is 6.92 Å². The molecule has 0 amide bonds. The van der Waals surface area contributed by atoms with Gasteiger partial charge in [0.1, 0.15) is 0 Å². The Morgan fingerprint density at radius 3 is 1.95 bits per heavy atom. The molecule has 2 fully saturated rings. The Morgan fingerprint density at radius 2 is 1.50 bits per heavy atom. The fraction of sp³-hybridized carbons (Fsp3) is 1.00. The number of hydrogen-bond donors (Lipinski definition) is 0. The van der Waals surface area contributed by atoms with Gasteiger partial charge in [-0.2, -0.15) is 0 Å². The van der Waals surface area contributed by atoms with Crippen molar-refractivity contribution < 1.29 is 23.7 Å². The molecule has 5 heteroatoms. The van der Waals surface area contributed by atoms with Gasteiger partial charge in [0, 0.05) is 18.9 Å². The molecule has 2 aliphatic heterocycles. The van der Waals surface area contributed by atoms with Gasteiger partial charge in [0.2, 0.25) is 0 Å². The molecule has 0 N–H and O–H groups in total. The lowest BCUT2D eigenvalue weighted by Crippen LogP contribution is -2.40. The third-order valence-corrected chi connectivity index (χ3v) is 3.42. The van der Waals surface area contributed by atoms with E-state index in [1.54, 1.807) is 7.11 Å². The Kier molecular flexibility index (Phi) is 7.99. The van der Waals surface area contributed by atoms with Crippen molar-refractivity contribution in [2.45, 2.75) is 46.2 Å². The van der Waals surface area contributed by atoms with Crippen molar-refractivity contribution in [2.75, 3.05) is 40.1 Å². The largest absolute Gasteiger partial charge is 0.379 e. The van der Waals surface area contributed by atoms with E-state index < -0.39 is 0 Å². The third kappa shape index (κ3) is 6.50. The predicted molar refractivity (Wildman–Crippen MR) is 76.5 cm³/mol. The highest BCUT2D eigenvalue weighted by Crippen LogP contribution is 2.23. The molecule has 0 bridgehead atoms. The van der Waals surface area contributed by atoms with Crippen molar-refractivity contribution in [3.8, 4) is 0 Å². The van der Waals surface area contributed by atoms with Crippen molar-refractivity contribution in [1.29, 1.82) is 0 Å². The molecule has 5 nitrogen and oxygen atoms in total. The zero-order valence-electron chi connectivity index (χ0n) is 13.5. The highest BCUT2D eigenvalue weighted by molar-refractivity contribution is 4.67. The van der Waals surface area contributed by atoms with Crippen LogP contribution in [0, 0.1) is 11.8 Å². The SMILES string of the molecule is CCC1(C)OCC(C)CO1.COCC1OCC(C)CO1. The first-order chi connectivity index (χ1) is 9.49. The Balaban J connectivity index is 0.000000200. The minimum atomic E-state index is -0.299. The van der Waals surface area contributed by atoms with E-state index in [2.05, 4.69) is 20.8 Å². The molecule has 0 aromatic carbocycles. The lowest BCUT2D eigenvalue weighted by molar-refractivity contribution is -0.271. The lowest BCUT2D eigenvalue weighted by Gasteiger charge is -2.35. The van der Waals surface area contributed by atoms with E-state index in [0.717, 1.165) is 32.8 Å². The fourth-order valence-corrected chi connectivity index (χ4v) is 1.80. The number of rotatable bonds is 3. The maximum absolute atomic E-state index is 5.50. The first-order valence-electron chi connectivity index (χ1n) is 7.49. The molecule has 0 radical (unpaired) electrons. The summed E-state index contributed by atoms with van der Waals surface area (Å²) in [6.45, 7) is 12.1. The topological polar surface area (TPSA) is 46.2 Å². The monoisotopic (exact) mass is 290 g/mol. The van der Waals surface area contributed by atoms with E-state index in [1.165, 1.54) is 0 Å². The molecule has 0 aromatic rings. The molecule has 120 valence electrons. The van der Waals surface area contributed by atoms with Crippen LogP contribution in [0.1, 0.15) is 34.1 Å². The van der Waals surface area contributed by atoms with Gasteiger partial charge in [-0.05, 0) is 13.3 Å². The van der Waals surface area contributed by atoms with Gasteiger partial charge in [-0.3, -0.25) is 0 Å². The summed E-state index contributed by atoms with van der Waals surface area (Å²) in [5.41, 5.74) is 0.